The van der Waals surface area contributed by atoms with Crippen molar-refractivity contribution in [2.75, 3.05) is 13.2 Å². The first kappa shape index (κ1) is 24.1. The molecule has 0 fully saturated rings. The third kappa shape index (κ3) is 8.76. The molecule has 0 aromatic heterocycles. The van der Waals surface area contributed by atoms with Crippen molar-refractivity contribution in [2.24, 2.45) is 4.99 Å². The zero-order chi connectivity index (χ0) is 20.9. The first-order valence-electron chi connectivity index (χ1n) is 9.19. The molecule has 0 radical (unpaired) electrons. The molecular formula is C20H34BrNO3Si2. The van der Waals surface area contributed by atoms with Gasteiger partial charge in [0, 0.05) is 16.3 Å². The van der Waals surface area contributed by atoms with Crippen LogP contribution < -0.4 is 4.74 Å². The molecule has 0 aliphatic heterocycles. The van der Waals surface area contributed by atoms with Gasteiger partial charge in [-0.2, -0.15) is 0 Å². The molecule has 0 atom stereocenters. The summed E-state index contributed by atoms with van der Waals surface area (Å²) in [6.07, 6.45) is 1.73. The first-order valence-corrected chi connectivity index (χ1v) is 16.3. The Morgan fingerprint density at radius 2 is 1.78 bits per heavy atom. The molecule has 1 aromatic rings. The fourth-order valence-corrected chi connectivity index (χ4v) is 4.10. The number of benzene rings is 1. The SMILES string of the molecule is C=C(/N=C/c1cc(Br)ccc1OCCO[Si](C)(C)C(C)(C)C)O[Si](C)(C)C. The second-order valence-electron chi connectivity index (χ2n) is 9.01. The van der Waals surface area contributed by atoms with Crippen LogP contribution in [0, 0.1) is 0 Å². The Labute approximate surface area is 175 Å². The van der Waals surface area contributed by atoms with Gasteiger partial charge < -0.3 is 13.6 Å². The van der Waals surface area contributed by atoms with Crippen LogP contribution >= 0.6 is 15.9 Å². The molecule has 0 saturated carbocycles. The third-order valence-corrected chi connectivity index (χ3v) is 10.2. The average molecular weight is 473 g/mol. The number of halogens is 1. The van der Waals surface area contributed by atoms with Crippen LogP contribution in [0.1, 0.15) is 26.3 Å². The van der Waals surface area contributed by atoms with E-state index in [2.05, 4.69) is 81.0 Å². The summed E-state index contributed by atoms with van der Waals surface area (Å²) in [7, 11) is -3.47. The van der Waals surface area contributed by atoms with Gasteiger partial charge in [-0.25, -0.2) is 4.99 Å². The summed E-state index contributed by atoms with van der Waals surface area (Å²) in [5, 5.41) is 0.194. The summed E-state index contributed by atoms with van der Waals surface area (Å²) in [5.74, 6) is 1.20. The van der Waals surface area contributed by atoms with Gasteiger partial charge in [0.05, 0.1) is 6.61 Å². The highest BCUT2D eigenvalue weighted by molar-refractivity contribution is 9.10. The summed E-state index contributed by atoms with van der Waals surface area (Å²) in [6.45, 7) is 22.5. The van der Waals surface area contributed by atoms with Crippen LogP contribution in [0.5, 0.6) is 5.75 Å². The lowest BCUT2D eigenvalue weighted by molar-refractivity contribution is 0.203. The zero-order valence-corrected chi connectivity index (χ0v) is 21.6. The number of hydrogen-bond donors (Lipinski definition) is 0. The Hall–Kier alpha value is -0.896. The average Bonchev–Trinajstić information content (AvgIpc) is 2.48. The van der Waals surface area contributed by atoms with Crippen LogP contribution in [-0.2, 0) is 8.85 Å². The number of nitrogens with zero attached hydrogens (tertiary/aromatic N) is 1. The van der Waals surface area contributed by atoms with Gasteiger partial charge in [-0.1, -0.05) is 36.7 Å². The maximum absolute atomic E-state index is 6.17. The predicted octanol–water partition coefficient (Wildman–Crippen LogP) is 6.59. The Balaban J connectivity index is 2.73. The van der Waals surface area contributed by atoms with Gasteiger partial charge >= 0.3 is 0 Å². The Morgan fingerprint density at radius 3 is 2.33 bits per heavy atom. The van der Waals surface area contributed by atoms with Gasteiger partial charge in [-0.05, 0) is 62.6 Å². The standard InChI is InChI=1S/C20H34BrNO3Si2/c1-16(25-26(5,6)7)22-15-17-14-18(21)10-11-19(17)23-12-13-24-27(8,9)20(2,3)4/h10-11,14-15H,1,12-13H2,2-9H3/b22-15+. The van der Waals surface area contributed by atoms with Crippen molar-refractivity contribution in [3.8, 4) is 5.75 Å². The van der Waals surface area contributed by atoms with Crippen LogP contribution in [0.4, 0.5) is 0 Å². The van der Waals surface area contributed by atoms with E-state index in [9.17, 15) is 0 Å². The summed E-state index contributed by atoms with van der Waals surface area (Å²) in [5.41, 5.74) is 0.872. The monoisotopic (exact) mass is 471 g/mol. The van der Waals surface area contributed by atoms with Gasteiger partial charge in [0.2, 0.25) is 8.32 Å². The lowest BCUT2D eigenvalue weighted by atomic mass is 10.2. The molecule has 0 heterocycles. The van der Waals surface area contributed by atoms with Crippen LogP contribution in [0.25, 0.3) is 0 Å². The molecule has 0 unspecified atom stereocenters. The molecule has 0 aliphatic carbocycles. The first-order chi connectivity index (χ1) is 12.2. The second-order valence-corrected chi connectivity index (χ2v) is 19.2. The van der Waals surface area contributed by atoms with Gasteiger partial charge in [0.15, 0.2) is 14.2 Å². The second kappa shape index (κ2) is 9.54. The smallest absolute Gasteiger partial charge is 0.244 e. The van der Waals surface area contributed by atoms with Crippen LogP contribution in [0.3, 0.4) is 0 Å². The highest BCUT2D eigenvalue weighted by Crippen LogP contribution is 2.36. The number of ether oxygens (including phenoxy) is 1. The molecule has 1 aromatic carbocycles. The fourth-order valence-electron chi connectivity index (χ4n) is 1.94. The van der Waals surface area contributed by atoms with E-state index in [0.717, 1.165) is 15.8 Å². The molecule has 0 bridgehead atoms. The molecule has 27 heavy (non-hydrogen) atoms. The van der Waals surface area contributed by atoms with Crippen molar-refractivity contribution in [3.63, 3.8) is 0 Å². The minimum Gasteiger partial charge on any atom is -0.532 e. The van der Waals surface area contributed by atoms with E-state index >= 15 is 0 Å². The Bertz CT molecular complexity index is 677. The Morgan fingerprint density at radius 1 is 1.15 bits per heavy atom. The molecular weight excluding hydrogens is 438 g/mol. The molecule has 0 spiro atoms. The van der Waals surface area contributed by atoms with Crippen molar-refractivity contribution in [3.05, 3.63) is 40.7 Å². The highest BCUT2D eigenvalue weighted by atomic mass is 79.9. The van der Waals surface area contributed by atoms with Crippen molar-refractivity contribution < 1.29 is 13.6 Å². The number of aliphatic imine (C=N–C) groups is 1. The van der Waals surface area contributed by atoms with E-state index < -0.39 is 16.6 Å². The highest BCUT2D eigenvalue weighted by Gasteiger charge is 2.36. The minimum absolute atomic E-state index is 0.194. The molecule has 0 saturated heterocycles. The van der Waals surface area contributed by atoms with Gasteiger partial charge in [0.25, 0.3) is 0 Å². The summed E-state index contributed by atoms with van der Waals surface area (Å²) in [6, 6.07) is 5.85. The minimum atomic E-state index is -1.76. The van der Waals surface area contributed by atoms with E-state index in [-0.39, 0.29) is 5.04 Å². The van der Waals surface area contributed by atoms with E-state index in [1.807, 2.05) is 18.2 Å². The maximum atomic E-state index is 6.17. The largest absolute Gasteiger partial charge is 0.532 e. The zero-order valence-electron chi connectivity index (χ0n) is 18.0. The normalized spacial score (nSPS) is 13.1. The van der Waals surface area contributed by atoms with E-state index in [4.69, 9.17) is 13.6 Å². The van der Waals surface area contributed by atoms with E-state index in [1.54, 1.807) is 6.21 Å². The molecule has 4 nitrogen and oxygen atoms in total. The maximum Gasteiger partial charge on any atom is 0.244 e. The van der Waals surface area contributed by atoms with Gasteiger partial charge in [-0.15, -0.1) is 0 Å². The van der Waals surface area contributed by atoms with Crippen LogP contribution in [-0.4, -0.2) is 36.1 Å². The summed E-state index contributed by atoms with van der Waals surface area (Å²) >= 11 is 3.50. The van der Waals surface area contributed by atoms with Gasteiger partial charge in [-0.3, -0.25) is 0 Å². The Kier molecular flexibility index (Phi) is 8.53. The molecule has 7 heteroatoms. The molecule has 0 amide bonds. The predicted molar refractivity (Wildman–Crippen MR) is 124 cm³/mol. The topological polar surface area (TPSA) is 40.0 Å². The van der Waals surface area contributed by atoms with Crippen molar-refractivity contribution in [1.29, 1.82) is 0 Å². The van der Waals surface area contributed by atoms with Crippen LogP contribution in [0.2, 0.25) is 37.8 Å². The summed E-state index contributed by atoms with van der Waals surface area (Å²) < 4.78 is 18.9. The number of rotatable bonds is 9. The molecule has 0 aliphatic rings. The summed E-state index contributed by atoms with van der Waals surface area (Å²) in [4.78, 5) is 4.35. The van der Waals surface area contributed by atoms with Crippen molar-refractivity contribution in [1.82, 2.24) is 0 Å². The van der Waals surface area contributed by atoms with Crippen molar-refractivity contribution >= 4 is 38.8 Å². The lowest BCUT2D eigenvalue weighted by Crippen LogP contribution is -2.41. The van der Waals surface area contributed by atoms with Gasteiger partial charge in [0.1, 0.15) is 12.4 Å². The lowest BCUT2D eigenvalue weighted by Gasteiger charge is -2.36. The van der Waals surface area contributed by atoms with Crippen LogP contribution in [0.15, 0.2) is 40.1 Å². The third-order valence-electron chi connectivity index (χ3n) is 4.35. The van der Waals surface area contributed by atoms with E-state index in [0.29, 0.717) is 19.1 Å². The van der Waals surface area contributed by atoms with E-state index in [1.165, 1.54) is 0 Å². The molecule has 152 valence electrons. The number of hydrogen-bond acceptors (Lipinski definition) is 4. The van der Waals surface area contributed by atoms with Crippen molar-refractivity contribution in [2.45, 2.75) is 58.5 Å². The quantitative estimate of drug-likeness (QED) is 0.176. The molecule has 1 rings (SSSR count). The molecule has 0 N–H and O–H groups in total. The fraction of sp³-hybridized carbons (Fsp3) is 0.550.